The lowest BCUT2D eigenvalue weighted by Gasteiger charge is -2.40. The Balaban J connectivity index is 1.88. The number of aryl methyl sites for hydroxylation is 1. The normalized spacial score (nSPS) is 24.7. The highest BCUT2D eigenvalue weighted by Crippen LogP contribution is 2.38. The van der Waals surface area contributed by atoms with Crippen molar-refractivity contribution in [2.24, 2.45) is 13.0 Å². The fourth-order valence-electron chi connectivity index (χ4n) is 3.24. The van der Waals surface area contributed by atoms with Crippen LogP contribution < -0.4 is 10.0 Å². The molecule has 2 N–H and O–H groups in total. The van der Waals surface area contributed by atoms with Gasteiger partial charge in [0.25, 0.3) is 10.0 Å². The van der Waals surface area contributed by atoms with E-state index in [9.17, 15) is 8.42 Å². The summed E-state index contributed by atoms with van der Waals surface area (Å²) in [6.45, 7) is 6.44. The number of hydrogen-bond donors (Lipinski definition) is 2. The topological polar surface area (TPSA) is 76.0 Å². The van der Waals surface area contributed by atoms with Crippen LogP contribution in [-0.2, 0) is 22.5 Å². The van der Waals surface area contributed by atoms with Crippen molar-refractivity contribution >= 4 is 15.7 Å². The molecule has 6 nitrogen and oxygen atoms in total. The zero-order valence-corrected chi connectivity index (χ0v) is 15.1. The second-order valence-electron chi connectivity index (χ2n) is 6.84. The van der Waals surface area contributed by atoms with Gasteiger partial charge in [0.15, 0.2) is 5.03 Å². The van der Waals surface area contributed by atoms with Gasteiger partial charge in [-0.15, -0.1) is 0 Å². The standard InChI is InChI=1S/C17H24N4O2S/c1-13-10-18-8-7-17(13,2)14-5-4-6-15(9-14)20-24(22,23)16-11-21(3)12-19-16/h4-6,9,11-13,18,20H,7-8,10H2,1-3H3. The molecule has 0 bridgehead atoms. The summed E-state index contributed by atoms with van der Waals surface area (Å²) in [5, 5.41) is 3.44. The molecule has 1 aromatic heterocycles. The number of anilines is 1. The van der Waals surface area contributed by atoms with Crippen LogP contribution in [0.25, 0.3) is 0 Å². The number of sulfonamides is 1. The third-order valence-corrected chi connectivity index (χ3v) is 6.36. The summed E-state index contributed by atoms with van der Waals surface area (Å²) in [6.07, 6.45) is 4.00. The van der Waals surface area contributed by atoms with Gasteiger partial charge in [0.2, 0.25) is 0 Å². The summed E-state index contributed by atoms with van der Waals surface area (Å²) in [6, 6.07) is 7.72. The maximum atomic E-state index is 12.4. The SMILES string of the molecule is CC1CNCCC1(C)c1cccc(NS(=O)(=O)c2cn(C)cn2)c1. The second kappa shape index (κ2) is 6.22. The van der Waals surface area contributed by atoms with Gasteiger partial charge >= 0.3 is 0 Å². The van der Waals surface area contributed by atoms with E-state index in [1.807, 2.05) is 12.1 Å². The molecule has 2 aromatic rings. The summed E-state index contributed by atoms with van der Waals surface area (Å²) < 4.78 is 29.2. The first-order valence-electron chi connectivity index (χ1n) is 8.13. The van der Waals surface area contributed by atoms with E-state index in [-0.39, 0.29) is 10.4 Å². The maximum Gasteiger partial charge on any atom is 0.280 e. The van der Waals surface area contributed by atoms with Crippen molar-refractivity contribution in [3.05, 3.63) is 42.4 Å². The zero-order valence-electron chi connectivity index (χ0n) is 14.3. The number of rotatable bonds is 4. The Morgan fingerprint density at radius 2 is 2.21 bits per heavy atom. The van der Waals surface area contributed by atoms with Crippen LogP contribution in [0.2, 0.25) is 0 Å². The van der Waals surface area contributed by atoms with Crippen molar-refractivity contribution in [2.45, 2.75) is 30.7 Å². The highest BCUT2D eigenvalue weighted by molar-refractivity contribution is 7.92. The Bertz CT molecular complexity index is 831. The van der Waals surface area contributed by atoms with E-state index >= 15 is 0 Å². The lowest BCUT2D eigenvalue weighted by molar-refractivity contribution is 0.238. The molecule has 0 spiro atoms. The van der Waals surface area contributed by atoms with Crippen molar-refractivity contribution in [1.29, 1.82) is 0 Å². The molecule has 1 aliphatic rings. The molecular weight excluding hydrogens is 324 g/mol. The number of imidazole rings is 1. The first kappa shape index (κ1) is 17.0. The van der Waals surface area contributed by atoms with Crippen LogP contribution >= 0.6 is 0 Å². The molecule has 24 heavy (non-hydrogen) atoms. The molecule has 0 amide bonds. The molecule has 2 heterocycles. The molecule has 0 radical (unpaired) electrons. The number of hydrogen-bond acceptors (Lipinski definition) is 4. The minimum atomic E-state index is -3.67. The van der Waals surface area contributed by atoms with Gasteiger partial charge in [0, 0.05) is 18.9 Å². The molecule has 1 aliphatic heterocycles. The van der Waals surface area contributed by atoms with Crippen LogP contribution in [0.4, 0.5) is 5.69 Å². The monoisotopic (exact) mass is 348 g/mol. The van der Waals surface area contributed by atoms with E-state index in [4.69, 9.17) is 0 Å². The number of nitrogens with zero attached hydrogens (tertiary/aromatic N) is 2. The van der Waals surface area contributed by atoms with Crippen molar-refractivity contribution in [2.75, 3.05) is 17.8 Å². The lowest BCUT2D eigenvalue weighted by Crippen LogP contribution is -2.44. The summed E-state index contributed by atoms with van der Waals surface area (Å²) in [5.41, 5.74) is 1.78. The quantitative estimate of drug-likeness (QED) is 0.887. The first-order chi connectivity index (χ1) is 11.3. The molecule has 3 rings (SSSR count). The van der Waals surface area contributed by atoms with E-state index in [1.54, 1.807) is 17.7 Å². The zero-order chi connectivity index (χ0) is 17.4. The molecule has 2 unspecified atom stereocenters. The Morgan fingerprint density at radius 3 is 2.88 bits per heavy atom. The van der Waals surface area contributed by atoms with Gasteiger partial charge in [-0.2, -0.15) is 8.42 Å². The summed E-state index contributed by atoms with van der Waals surface area (Å²) in [7, 11) is -1.93. The van der Waals surface area contributed by atoms with Crippen molar-refractivity contribution in [3.63, 3.8) is 0 Å². The lowest BCUT2D eigenvalue weighted by atomic mass is 9.68. The molecule has 2 atom stereocenters. The van der Waals surface area contributed by atoms with Crippen molar-refractivity contribution < 1.29 is 8.42 Å². The van der Waals surface area contributed by atoms with Crippen molar-refractivity contribution in [1.82, 2.24) is 14.9 Å². The molecule has 0 saturated carbocycles. The smallest absolute Gasteiger partial charge is 0.280 e. The van der Waals surface area contributed by atoms with E-state index in [0.717, 1.165) is 25.1 Å². The van der Waals surface area contributed by atoms with Crippen molar-refractivity contribution in [3.8, 4) is 0 Å². The summed E-state index contributed by atoms with van der Waals surface area (Å²) in [4.78, 5) is 3.93. The van der Waals surface area contributed by atoms with Crippen LogP contribution in [0.3, 0.4) is 0 Å². The largest absolute Gasteiger partial charge is 0.339 e. The fourth-order valence-corrected chi connectivity index (χ4v) is 4.27. The Hall–Kier alpha value is -1.86. The van der Waals surface area contributed by atoms with E-state index in [2.05, 4.69) is 34.9 Å². The molecule has 1 aromatic carbocycles. The summed E-state index contributed by atoms with van der Waals surface area (Å²) >= 11 is 0. The van der Waals surface area contributed by atoms with Crippen LogP contribution in [0, 0.1) is 5.92 Å². The van der Waals surface area contributed by atoms with Gasteiger partial charge in [-0.25, -0.2) is 4.98 Å². The average Bonchev–Trinajstić information content (AvgIpc) is 2.98. The predicted molar refractivity (Wildman–Crippen MR) is 94.5 cm³/mol. The minimum absolute atomic E-state index is 0.0249. The predicted octanol–water partition coefficient (Wildman–Crippen LogP) is 2.11. The third-order valence-electron chi connectivity index (χ3n) is 5.09. The molecule has 1 saturated heterocycles. The minimum Gasteiger partial charge on any atom is -0.339 e. The number of piperidine rings is 1. The van der Waals surface area contributed by atoms with Crippen LogP contribution in [-0.4, -0.2) is 31.1 Å². The Labute approximate surface area is 143 Å². The second-order valence-corrected chi connectivity index (χ2v) is 8.47. The molecule has 7 heteroatoms. The fraction of sp³-hybridized carbons (Fsp3) is 0.471. The van der Waals surface area contributed by atoms with Gasteiger partial charge in [0.05, 0.1) is 6.33 Å². The van der Waals surface area contributed by atoms with Gasteiger partial charge < -0.3 is 9.88 Å². The van der Waals surface area contributed by atoms with Gasteiger partial charge in [0.1, 0.15) is 0 Å². The molecular formula is C17H24N4O2S. The van der Waals surface area contributed by atoms with Crippen LogP contribution in [0.5, 0.6) is 0 Å². The molecule has 1 fully saturated rings. The number of aromatic nitrogens is 2. The Kier molecular flexibility index (Phi) is 4.40. The molecule has 130 valence electrons. The summed E-state index contributed by atoms with van der Waals surface area (Å²) in [5.74, 6) is 0.480. The van der Waals surface area contributed by atoms with Gasteiger partial charge in [-0.3, -0.25) is 4.72 Å². The average molecular weight is 348 g/mol. The van der Waals surface area contributed by atoms with E-state index in [0.29, 0.717) is 11.6 Å². The van der Waals surface area contributed by atoms with E-state index < -0.39 is 10.0 Å². The number of nitrogens with one attached hydrogen (secondary N) is 2. The first-order valence-corrected chi connectivity index (χ1v) is 9.62. The Morgan fingerprint density at radius 1 is 1.42 bits per heavy atom. The van der Waals surface area contributed by atoms with Crippen LogP contribution in [0.15, 0.2) is 41.8 Å². The highest BCUT2D eigenvalue weighted by Gasteiger charge is 2.35. The molecule has 0 aliphatic carbocycles. The van der Waals surface area contributed by atoms with E-state index in [1.165, 1.54) is 12.5 Å². The number of benzene rings is 1. The van der Waals surface area contributed by atoms with Gasteiger partial charge in [-0.05, 0) is 48.5 Å². The van der Waals surface area contributed by atoms with Crippen LogP contribution in [0.1, 0.15) is 25.8 Å². The maximum absolute atomic E-state index is 12.4. The van der Waals surface area contributed by atoms with Gasteiger partial charge in [-0.1, -0.05) is 26.0 Å². The highest BCUT2D eigenvalue weighted by atomic mass is 32.2. The third kappa shape index (κ3) is 3.18.